The summed E-state index contributed by atoms with van der Waals surface area (Å²) < 4.78 is 10.2. The quantitative estimate of drug-likeness (QED) is 0.506. The Labute approximate surface area is 212 Å². The third-order valence-electron chi connectivity index (χ3n) is 5.35. The van der Waals surface area contributed by atoms with Gasteiger partial charge < -0.3 is 19.7 Å². The van der Waals surface area contributed by atoms with Gasteiger partial charge in [0.15, 0.2) is 0 Å². The van der Waals surface area contributed by atoms with E-state index in [9.17, 15) is 14.4 Å². The van der Waals surface area contributed by atoms with Crippen LogP contribution < -0.4 is 10.2 Å². The van der Waals surface area contributed by atoms with Crippen LogP contribution in [0.5, 0.6) is 0 Å². The van der Waals surface area contributed by atoms with Gasteiger partial charge in [-0.15, -0.1) is 11.3 Å². The number of esters is 2. The summed E-state index contributed by atoms with van der Waals surface area (Å²) in [6, 6.07) is 5.53. The number of hydrogen-bond acceptors (Lipinski definition) is 8. The van der Waals surface area contributed by atoms with Gasteiger partial charge in [0.2, 0.25) is 5.91 Å². The molecule has 3 rings (SSSR count). The van der Waals surface area contributed by atoms with Crippen LogP contribution in [-0.4, -0.2) is 68.7 Å². The fourth-order valence-corrected chi connectivity index (χ4v) is 5.05. The van der Waals surface area contributed by atoms with Crippen molar-refractivity contribution in [2.24, 2.45) is 0 Å². The Bertz CT molecular complexity index is 1070. The average molecular weight is 528 g/mol. The van der Waals surface area contributed by atoms with Crippen molar-refractivity contribution in [1.29, 1.82) is 0 Å². The number of hydrogen-bond donors (Lipinski definition) is 1. The molecular weight excluding hydrogens is 501 g/mol. The number of thiophene rings is 1. The van der Waals surface area contributed by atoms with Crippen molar-refractivity contribution in [3.8, 4) is 0 Å². The minimum Gasteiger partial charge on any atom is -0.462 e. The van der Waals surface area contributed by atoms with Crippen LogP contribution in [0.15, 0.2) is 18.2 Å². The number of ether oxygens (including phenoxy) is 2. The lowest BCUT2D eigenvalue weighted by Gasteiger charge is -2.35. The number of nitrogens with one attached hydrogen (secondary N) is 1. The molecule has 8 nitrogen and oxygen atoms in total. The number of benzene rings is 1. The molecule has 2 heterocycles. The first-order valence-corrected chi connectivity index (χ1v) is 12.5. The third-order valence-corrected chi connectivity index (χ3v) is 7.27. The Morgan fingerprint density at radius 3 is 2.26 bits per heavy atom. The summed E-state index contributed by atoms with van der Waals surface area (Å²) in [4.78, 5) is 42.1. The lowest BCUT2D eigenvalue weighted by atomic mass is 10.1. The highest BCUT2D eigenvalue weighted by molar-refractivity contribution is 7.18. The van der Waals surface area contributed by atoms with E-state index < -0.39 is 11.9 Å². The first-order chi connectivity index (χ1) is 16.2. The van der Waals surface area contributed by atoms with E-state index in [1.54, 1.807) is 26.8 Å². The summed E-state index contributed by atoms with van der Waals surface area (Å²) in [5.41, 5.74) is 1.61. The minimum atomic E-state index is -0.586. The molecule has 1 aromatic carbocycles. The second-order valence-electron chi connectivity index (χ2n) is 7.61. The molecule has 0 spiro atoms. The van der Waals surface area contributed by atoms with Crippen LogP contribution in [0.3, 0.4) is 0 Å². The molecular formula is C23H27Cl2N3O5S. The second-order valence-corrected chi connectivity index (χ2v) is 9.45. The molecule has 1 aliphatic heterocycles. The number of anilines is 2. The molecule has 34 heavy (non-hydrogen) atoms. The first-order valence-electron chi connectivity index (χ1n) is 10.9. The van der Waals surface area contributed by atoms with Gasteiger partial charge in [-0.2, -0.15) is 0 Å². The van der Waals surface area contributed by atoms with Crippen LogP contribution in [0.4, 0.5) is 10.7 Å². The molecule has 1 fully saturated rings. The number of piperazine rings is 1. The van der Waals surface area contributed by atoms with Crippen molar-refractivity contribution in [3.05, 3.63) is 44.2 Å². The molecule has 11 heteroatoms. The number of carbonyl (C=O) groups is 3. The van der Waals surface area contributed by atoms with Crippen molar-refractivity contribution in [2.75, 3.05) is 56.2 Å². The second kappa shape index (κ2) is 11.9. The topological polar surface area (TPSA) is 88.2 Å². The summed E-state index contributed by atoms with van der Waals surface area (Å²) in [5, 5.41) is 4.10. The molecule has 0 bridgehead atoms. The molecule has 0 atom stereocenters. The van der Waals surface area contributed by atoms with Gasteiger partial charge >= 0.3 is 11.9 Å². The molecule has 2 aromatic rings. The van der Waals surface area contributed by atoms with E-state index in [2.05, 4.69) is 10.2 Å². The van der Waals surface area contributed by atoms with E-state index in [-0.39, 0.29) is 36.1 Å². The van der Waals surface area contributed by atoms with Gasteiger partial charge in [-0.3, -0.25) is 9.69 Å². The predicted molar refractivity (Wildman–Crippen MR) is 135 cm³/mol. The van der Waals surface area contributed by atoms with Gasteiger partial charge in [-0.25, -0.2) is 9.59 Å². The zero-order chi connectivity index (χ0) is 24.8. The van der Waals surface area contributed by atoms with Crippen LogP contribution in [0, 0.1) is 6.92 Å². The van der Waals surface area contributed by atoms with Crippen LogP contribution in [0.25, 0.3) is 0 Å². The molecule has 0 radical (unpaired) electrons. The molecule has 1 N–H and O–H groups in total. The van der Waals surface area contributed by atoms with Crippen LogP contribution >= 0.6 is 34.5 Å². The highest BCUT2D eigenvalue weighted by atomic mass is 35.5. The number of nitrogens with zero attached hydrogens (tertiary/aromatic N) is 2. The molecule has 1 aliphatic rings. The van der Waals surface area contributed by atoms with Crippen molar-refractivity contribution in [3.63, 3.8) is 0 Å². The maximum absolute atomic E-state index is 12.8. The van der Waals surface area contributed by atoms with Crippen LogP contribution in [0.2, 0.25) is 10.0 Å². The Balaban J connectivity index is 1.65. The standard InChI is InChI=1S/C23H27Cl2N3O5S/c1-4-32-22(30)19-14(3)20(23(31)33-5-2)34-21(19)26-18(29)13-27-8-10-28(11-9-27)15-6-7-16(24)17(25)12-15/h6-7,12H,4-5,8-11,13H2,1-3H3,(H,26,29). The normalized spacial score (nSPS) is 14.1. The third kappa shape index (κ3) is 6.21. The van der Waals surface area contributed by atoms with Crippen LogP contribution in [-0.2, 0) is 14.3 Å². The maximum Gasteiger partial charge on any atom is 0.348 e. The van der Waals surface area contributed by atoms with Gasteiger partial charge in [0.05, 0.1) is 35.4 Å². The predicted octanol–water partition coefficient (Wildman–Crippen LogP) is 4.48. The molecule has 1 amide bonds. The van der Waals surface area contributed by atoms with Gasteiger partial charge in [-0.1, -0.05) is 23.2 Å². The molecule has 1 saturated heterocycles. The summed E-state index contributed by atoms with van der Waals surface area (Å²) in [6.07, 6.45) is 0. The Hall–Kier alpha value is -2.33. The summed E-state index contributed by atoms with van der Waals surface area (Å²) in [7, 11) is 0. The minimum absolute atomic E-state index is 0.156. The molecule has 0 aliphatic carbocycles. The van der Waals surface area contributed by atoms with E-state index >= 15 is 0 Å². The van der Waals surface area contributed by atoms with Crippen molar-refractivity contribution >= 4 is 63.1 Å². The Morgan fingerprint density at radius 2 is 1.65 bits per heavy atom. The zero-order valence-corrected chi connectivity index (χ0v) is 21.6. The summed E-state index contributed by atoms with van der Waals surface area (Å²) >= 11 is 13.2. The summed E-state index contributed by atoms with van der Waals surface area (Å²) in [5.74, 6) is -1.39. The number of halogens is 2. The lowest BCUT2D eigenvalue weighted by Crippen LogP contribution is -2.48. The van der Waals surface area contributed by atoms with E-state index in [4.69, 9.17) is 32.7 Å². The van der Waals surface area contributed by atoms with Crippen molar-refractivity contribution < 1.29 is 23.9 Å². The highest BCUT2D eigenvalue weighted by Crippen LogP contribution is 2.34. The van der Waals surface area contributed by atoms with E-state index in [1.165, 1.54) is 0 Å². The number of amides is 1. The molecule has 0 unspecified atom stereocenters. The first kappa shape index (κ1) is 26.3. The zero-order valence-electron chi connectivity index (χ0n) is 19.3. The highest BCUT2D eigenvalue weighted by Gasteiger charge is 2.28. The average Bonchev–Trinajstić information content (AvgIpc) is 3.12. The van der Waals surface area contributed by atoms with Crippen molar-refractivity contribution in [2.45, 2.75) is 20.8 Å². The van der Waals surface area contributed by atoms with Gasteiger partial charge in [-0.05, 0) is 44.5 Å². The van der Waals surface area contributed by atoms with Gasteiger partial charge in [0, 0.05) is 31.9 Å². The largest absolute Gasteiger partial charge is 0.462 e. The van der Waals surface area contributed by atoms with E-state index in [0.29, 0.717) is 33.7 Å². The smallest absolute Gasteiger partial charge is 0.348 e. The molecule has 1 aromatic heterocycles. The lowest BCUT2D eigenvalue weighted by molar-refractivity contribution is -0.117. The van der Waals surface area contributed by atoms with E-state index in [0.717, 1.165) is 30.1 Å². The van der Waals surface area contributed by atoms with E-state index in [1.807, 2.05) is 17.0 Å². The monoisotopic (exact) mass is 527 g/mol. The molecule has 0 saturated carbocycles. The SMILES string of the molecule is CCOC(=O)c1sc(NC(=O)CN2CCN(c3ccc(Cl)c(Cl)c3)CC2)c(C(=O)OCC)c1C. The number of rotatable bonds is 8. The van der Waals surface area contributed by atoms with Gasteiger partial charge in [0.1, 0.15) is 9.88 Å². The number of carbonyl (C=O) groups excluding carboxylic acids is 3. The fraction of sp³-hybridized carbons (Fsp3) is 0.435. The molecule has 184 valence electrons. The Kier molecular flexibility index (Phi) is 9.18. The van der Waals surface area contributed by atoms with Gasteiger partial charge in [0.25, 0.3) is 0 Å². The maximum atomic E-state index is 12.8. The summed E-state index contributed by atoms with van der Waals surface area (Å²) in [6.45, 7) is 8.40. The van der Waals surface area contributed by atoms with Crippen molar-refractivity contribution in [1.82, 2.24) is 4.90 Å². The Morgan fingerprint density at radius 1 is 1.00 bits per heavy atom. The van der Waals surface area contributed by atoms with Crippen LogP contribution in [0.1, 0.15) is 39.4 Å². The fourth-order valence-electron chi connectivity index (χ4n) is 3.66.